The molecule has 108 valence electrons. The SMILES string of the molecule is CCC(C)N1C(=S)NC2CC1(C)Oc1c(Br)cccc12. The summed E-state index contributed by atoms with van der Waals surface area (Å²) in [6.45, 7) is 6.51. The van der Waals surface area contributed by atoms with Crippen molar-refractivity contribution in [3.05, 3.63) is 28.2 Å². The Hall–Kier alpha value is -0.810. The summed E-state index contributed by atoms with van der Waals surface area (Å²) in [5.74, 6) is 0.939. The summed E-state index contributed by atoms with van der Waals surface area (Å²) in [5, 5.41) is 4.27. The molecule has 0 aromatic heterocycles. The molecule has 0 saturated carbocycles. The zero-order chi connectivity index (χ0) is 14.5. The second-order valence-electron chi connectivity index (χ2n) is 5.77. The fourth-order valence-electron chi connectivity index (χ4n) is 3.22. The molecule has 2 aliphatic rings. The van der Waals surface area contributed by atoms with E-state index in [0.717, 1.165) is 28.2 Å². The first-order valence-corrected chi connectivity index (χ1v) is 8.23. The second kappa shape index (κ2) is 4.88. The molecule has 0 radical (unpaired) electrons. The summed E-state index contributed by atoms with van der Waals surface area (Å²) in [6.07, 6.45) is 1.94. The van der Waals surface area contributed by atoms with Gasteiger partial charge < -0.3 is 15.0 Å². The van der Waals surface area contributed by atoms with Crippen molar-refractivity contribution in [3.8, 4) is 5.75 Å². The predicted molar refractivity (Wildman–Crippen MR) is 87.9 cm³/mol. The van der Waals surface area contributed by atoms with E-state index in [-0.39, 0.29) is 11.8 Å². The highest BCUT2D eigenvalue weighted by molar-refractivity contribution is 9.10. The van der Waals surface area contributed by atoms with Crippen LogP contribution in [0.1, 0.15) is 45.2 Å². The van der Waals surface area contributed by atoms with Crippen molar-refractivity contribution >= 4 is 33.3 Å². The maximum Gasteiger partial charge on any atom is 0.184 e. The number of benzene rings is 1. The van der Waals surface area contributed by atoms with Crippen LogP contribution in [0.2, 0.25) is 0 Å². The highest BCUT2D eigenvalue weighted by atomic mass is 79.9. The molecule has 2 aliphatic heterocycles. The summed E-state index contributed by atoms with van der Waals surface area (Å²) in [5.41, 5.74) is 0.808. The van der Waals surface area contributed by atoms with Gasteiger partial charge in [0.15, 0.2) is 10.8 Å². The van der Waals surface area contributed by atoms with Crippen LogP contribution in [0, 0.1) is 0 Å². The molecule has 0 spiro atoms. The van der Waals surface area contributed by atoms with E-state index in [1.54, 1.807) is 0 Å². The van der Waals surface area contributed by atoms with Crippen molar-refractivity contribution in [2.75, 3.05) is 0 Å². The largest absolute Gasteiger partial charge is 0.467 e. The topological polar surface area (TPSA) is 24.5 Å². The molecule has 0 amide bonds. The number of nitrogens with zero attached hydrogens (tertiary/aromatic N) is 1. The van der Waals surface area contributed by atoms with Gasteiger partial charge in [0.1, 0.15) is 5.75 Å². The van der Waals surface area contributed by atoms with Gasteiger partial charge in [-0.3, -0.25) is 0 Å². The van der Waals surface area contributed by atoms with Crippen molar-refractivity contribution in [1.82, 2.24) is 10.2 Å². The van der Waals surface area contributed by atoms with E-state index in [1.165, 1.54) is 5.56 Å². The number of fused-ring (bicyclic) bond motifs is 4. The van der Waals surface area contributed by atoms with Crippen molar-refractivity contribution in [2.24, 2.45) is 0 Å². The van der Waals surface area contributed by atoms with Crippen LogP contribution in [0.3, 0.4) is 0 Å². The molecule has 3 nitrogen and oxygen atoms in total. The number of rotatable bonds is 2. The number of hydrogen-bond donors (Lipinski definition) is 1. The number of ether oxygens (including phenoxy) is 1. The molecule has 3 rings (SSSR count). The highest BCUT2D eigenvalue weighted by Gasteiger charge is 2.49. The molecular formula is C15H19BrN2OS. The Morgan fingerprint density at radius 3 is 3.05 bits per heavy atom. The van der Waals surface area contributed by atoms with E-state index in [1.807, 2.05) is 12.1 Å². The van der Waals surface area contributed by atoms with E-state index in [2.05, 4.69) is 53.0 Å². The van der Waals surface area contributed by atoms with Crippen LogP contribution in [-0.4, -0.2) is 21.8 Å². The van der Waals surface area contributed by atoms with E-state index in [4.69, 9.17) is 17.0 Å². The molecule has 1 saturated heterocycles. The quantitative estimate of drug-likeness (QED) is 0.812. The highest BCUT2D eigenvalue weighted by Crippen LogP contribution is 2.47. The van der Waals surface area contributed by atoms with Gasteiger partial charge in [0.25, 0.3) is 0 Å². The Labute approximate surface area is 133 Å². The van der Waals surface area contributed by atoms with Crippen LogP contribution in [0.25, 0.3) is 0 Å². The lowest BCUT2D eigenvalue weighted by Gasteiger charge is -2.54. The van der Waals surface area contributed by atoms with Crippen LogP contribution in [-0.2, 0) is 0 Å². The minimum atomic E-state index is -0.376. The standard InChI is InChI=1S/C15H19BrN2OS/c1-4-9(2)18-14(20)17-12-8-15(18,3)19-13-10(12)6-5-7-11(13)16/h5-7,9,12H,4,8H2,1-3H3,(H,17,20). The maximum absolute atomic E-state index is 6.38. The van der Waals surface area contributed by atoms with Crippen molar-refractivity contribution < 1.29 is 4.74 Å². The van der Waals surface area contributed by atoms with Crippen LogP contribution in [0.5, 0.6) is 5.75 Å². The molecule has 1 aromatic rings. The van der Waals surface area contributed by atoms with Crippen molar-refractivity contribution in [1.29, 1.82) is 0 Å². The molecule has 1 N–H and O–H groups in total. The van der Waals surface area contributed by atoms with Crippen molar-refractivity contribution in [2.45, 2.75) is 51.4 Å². The number of para-hydroxylation sites is 1. The van der Waals surface area contributed by atoms with Gasteiger partial charge in [-0.15, -0.1) is 0 Å². The number of halogens is 1. The normalized spacial score (nSPS) is 29.3. The summed E-state index contributed by atoms with van der Waals surface area (Å²) in [6, 6.07) is 6.76. The van der Waals surface area contributed by atoms with E-state index in [9.17, 15) is 0 Å². The third-order valence-electron chi connectivity index (χ3n) is 4.34. The molecule has 1 fully saturated rings. The Balaban J connectivity index is 2.07. The van der Waals surface area contributed by atoms with Gasteiger partial charge in [0.2, 0.25) is 0 Å². The predicted octanol–water partition coefficient (Wildman–Crippen LogP) is 3.98. The average molecular weight is 355 g/mol. The summed E-state index contributed by atoms with van der Waals surface area (Å²) >= 11 is 9.18. The van der Waals surface area contributed by atoms with Gasteiger partial charge in [-0.1, -0.05) is 19.1 Å². The monoisotopic (exact) mass is 354 g/mol. The Morgan fingerprint density at radius 2 is 2.35 bits per heavy atom. The molecule has 3 unspecified atom stereocenters. The van der Waals surface area contributed by atoms with Crippen LogP contribution < -0.4 is 10.1 Å². The number of nitrogens with one attached hydrogen (secondary N) is 1. The lowest BCUT2D eigenvalue weighted by molar-refractivity contribution is -0.0845. The Kier molecular flexibility index (Phi) is 3.45. The molecule has 20 heavy (non-hydrogen) atoms. The minimum absolute atomic E-state index is 0.231. The molecule has 2 bridgehead atoms. The molecular weight excluding hydrogens is 336 g/mol. The van der Waals surface area contributed by atoms with Gasteiger partial charge in [-0.25, -0.2) is 0 Å². The van der Waals surface area contributed by atoms with Crippen LogP contribution in [0.4, 0.5) is 0 Å². The number of thiocarbonyl (C=S) groups is 1. The zero-order valence-corrected chi connectivity index (χ0v) is 14.3. The maximum atomic E-state index is 6.38. The third kappa shape index (κ3) is 2.02. The van der Waals surface area contributed by atoms with Crippen LogP contribution >= 0.6 is 28.1 Å². The Bertz CT molecular complexity index is 565. The number of hydrogen-bond acceptors (Lipinski definition) is 2. The first kappa shape index (κ1) is 14.1. The van der Waals surface area contributed by atoms with Crippen LogP contribution in [0.15, 0.2) is 22.7 Å². The van der Waals surface area contributed by atoms with E-state index in [0.29, 0.717) is 6.04 Å². The van der Waals surface area contributed by atoms with Gasteiger partial charge in [0.05, 0.1) is 10.5 Å². The minimum Gasteiger partial charge on any atom is -0.467 e. The smallest absolute Gasteiger partial charge is 0.184 e. The summed E-state index contributed by atoms with van der Waals surface area (Å²) < 4.78 is 7.38. The zero-order valence-electron chi connectivity index (χ0n) is 11.9. The van der Waals surface area contributed by atoms with E-state index >= 15 is 0 Å². The lowest BCUT2D eigenvalue weighted by atomic mass is 9.89. The molecule has 1 aromatic carbocycles. The fourth-order valence-corrected chi connectivity index (χ4v) is 4.19. The summed E-state index contributed by atoms with van der Waals surface area (Å²) in [7, 11) is 0. The molecule has 0 aliphatic carbocycles. The fraction of sp³-hybridized carbons (Fsp3) is 0.533. The van der Waals surface area contributed by atoms with Gasteiger partial charge in [0, 0.05) is 18.0 Å². The summed E-state index contributed by atoms with van der Waals surface area (Å²) in [4.78, 5) is 2.21. The van der Waals surface area contributed by atoms with Gasteiger partial charge in [-0.2, -0.15) is 0 Å². The second-order valence-corrected chi connectivity index (χ2v) is 7.01. The van der Waals surface area contributed by atoms with Crippen molar-refractivity contribution in [3.63, 3.8) is 0 Å². The molecule has 2 heterocycles. The van der Waals surface area contributed by atoms with Gasteiger partial charge in [-0.05, 0) is 54.5 Å². The molecule has 5 heteroatoms. The first-order valence-electron chi connectivity index (χ1n) is 7.03. The third-order valence-corrected chi connectivity index (χ3v) is 5.27. The molecule has 3 atom stereocenters. The average Bonchev–Trinajstić information content (AvgIpc) is 2.39. The lowest BCUT2D eigenvalue weighted by Crippen LogP contribution is -2.66. The van der Waals surface area contributed by atoms with Gasteiger partial charge >= 0.3 is 0 Å². The van der Waals surface area contributed by atoms with E-state index < -0.39 is 0 Å². The Morgan fingerprint density at radius 1 is 1.60 bits per heavy atom. The first-order chi connectivity index (χ1) is 9.46.